The van der Waals surface area contributed by atoms with Crippen molar-refractivity contribution in [1.29, 1.82) is 0 Å². The number of carbonyl (C=O) groups excluding carboxylic acids is 2. The van der Waals surface area contributed by atoms with E-state index in [1.807, 2.05) is 31.2 Å². The van der Waals surface area contributed by atoms with Crippen LogP contribution in [0.15, 0.2) is 35.6 Å². The van der Waals surface area contributed by atoms with Crippen molar-refractivity contribution in [1.82, 2.24) is 4.90 Å². The van der Waals surface area contributed by atoms with Gasteiger partial charge >= 0.3 is 0 Å². The van der Waals surface area contributed by atoms with E-state index in [1.165, 1.54) is 0 Å². The minimum Gasteiger partial charge on any atom is -0.503 e. The molecule has 1 aromatic rings. The number of rotatable bonds is 9. The summed E-state index contributed by atoms with van der Waals surface area (Å²) in [6.45, 7) is 8.89. The molecule has 1 N–H and O–H groups in total. The zero-order valence-corrected chi connectivity index (χ0v) is 17.4. The maximum Gasteiger partial charge on any atom is 0.290 e. The van der Waals surface area contributed by atoms with Gasteiger partial charge in [-0.1, -0.05) is 39.8 Å². The number of aliphatic hydroxyl groups is 1. The molecule has 1 amide bonds. The van der Waals surface area contributed by atoms with Gasteiger partial charge in [0.15, 0.2) is 11.5 Å². The molecule has 154 valence electrons. The summed E-state index contributed by atoms with van der Waals surface area (Å²) < 4.78 is 10.7. The number of ether oxygens (including phenoxy) is 2. The van der Waals surface area contributed by atoms with Crippen LogP contribution in [0.4, 0.5) is 0 Å². The Morgan fingerprint density at radius 1 is 1.18 bits per heavy atom. The first-order valence-electron chi connectivity index (χ1n) is 9.73. The molecular weight excluding hydrogens is 358 g/mol. The Balaban J connectivity index is 2.41. The molecule has 0 fully saturated rings. The summed E-state index contributed by atoms with van der Waals surface area (Å²) >= 11 is 0. The van der Waals surface area contributed by atoms with Gasteiger partial charge in [0.2, 0.25) is 0 Å². The summed E-state index contributed by atoms with van der Waals surface area (Å²) in [6.07, 6.45) is 1.52. The highest BCUT2D eigenvalue weighted by Gasteiger charge is 2.45. The summed E-state index contributed by atoms with van der Waals surface area (Å²) in [5.74, 6) is -0.463. The van der Waals surface area contributed by atoms with E-state index in [2.05, 4.69) is 0 Å². The zero-order valence-electron chi connectivity index (χ0n) is 17.4. The van der Waals surface area contributed by atoms with Crippen molar-refractivity contribution in [2.24, 2.45) is 5.41 Å². The molecule has 1 heterocycles. The Morgan fingerprint density at radius 2 is 1.82 bits per heavy atom. The van der Waals surface area contributed by atoms with E-state index in [9.17, 15) is 14.7 Å². The Hall–Kier alpha value is -2.34. The predicted molar refractivity (Wildman–Crippen MR) is 107 cm³/mol. The first-order valence-corrected chi connectivity index (χ1v) is 9.73. The summed E-state index contributed by atoms with van der Waals surface area (Å²) in [7, 11) is 1.60. The van der Waals surface area contributed by atoms with Gasteiger partial charge in [-0.2, -0.15) is 0 Å². The largest absolute Gasteiger partial charge is 0.503 e. The molecule has 6 heteroatoms. The second-order valence-corrected chi connectivity index (χ2v) is 8.01. The third kappa shape index (κ3) is 4.73. The number of amides is 1. The van der Waals surface area contributed by atoms with Gasteiger partial charge < -0.3 is 19.5 Å². The van der Waals surface area contributed by atoms with Gasteiger partial charge in [-0.25, -0.2) is 0 Å². The van der Waals surface area contributed by atoms with E-state index >= 15 is 0 Å². The standard InChI is InChI=1S/C22H31NO5/c1-6-13-28-16-10-8-15(9-11-16)18-17(20(25)22(2,3)4)19(24)21(26)23(18)12-7-14-27-5/h8-11,18,24H,6-7,12-14H2,1-5H3. The van der Waals surface area contributed by atoms with Crippen LogP contribution >= 0.6 is 0 Å². The Kier molecular flexibility index (Phi) is 7.24. The lowest BCUT2D eigenvalue weighted by molar-refractivity contribution is -0.129. The van der Waals surface area contributed by atoms with Crippen molar-refractivity contribution in [2.45, 2.75) is 46.6 Å². The van der Waals surface area contributed by atoms with E-state index in [-0.39, 0.29) is 11.4 Å². The lowest BCUT2D eigenvalue weighted by atomic mass is 9.82. The van der Waals surface area contributed by atoms with Crippen LogP contribution in [0.25, 0.3) is 0 Å². The fourth-order valence-electron chi connectivity index (χ4n) is 3.21. The van der Waals surface area contributed by atoms with Gasteiger partial charge in [0.25, 0.3) is 5.91 Å². The highest BCUT2D eigenvalue weighted by atomic mass is 16.5. The Morgan fingerprint density at radius 3 is 2.36 bits per heavy atom. The van der Waals surface area contributed by atoms with Crippen LogP contribution in [0, 0.1) is 5.41 Å². The third-order valence-electron chi connectivity index (χ3n) is 4.65. The molecule has 0 saturated carbocycles. The molecule has 0 bridgehead atoms. The van der Waals surface area contributed by atoms with Gasteiger partial charge in [0, 0.05) is 25.7 Å². The van der Waals surface area contributed by atoms with E-state index in [0.717, 1.165) is 17.7 Å². The van der Waals surface area contributed by atoms with Crippen molar-refractivity contribution in [3.05, 3.63) is 41.2 Å². The minimum absolute atomic E-state index is 0.164. The van der Waals surface area contributed by atoms with Crippen LogP contribution in [0.3, 0.4) is 0 Å². The number of aliphatic hydroxyl groups excluding tert-OH is 1. The van der Waals surface area contributed by atoms with Crippen LogP contribution in [0.5, 0.6) is 5.75 Å². The van der Waals surface area contributed by atoms with Crippen molar-refractivity contribution >= 4 is 11.7 Å². The second kappa shape index (κ2) is 9.24. The number of benzene rings is 1. The highest BCUT2D eigenvalue weighted by molar-refractivity contribution is 6.10. The molecule has 0 radical (unpaired) electrons. The number of nitrogens with zero attached hydrogens (tertiary/aromatic N) is 1. The van der Waals surface area contributed by atoms with Crippen molar-refractivity contribution in [3.63, 3.8) is 0 Å². The third-order valence-corrected chi connectivity index (χ3v) is 4.65. The normalized spacial score (nSPS) is 17.4. The summed E-state index contributed by atoms with van der Waals surface area (Å²) in [5, 5.41) is 10.5. The number of ketones is 1. The van der Waals surface area contributed by atoms with Crippen molar-refractivity contribution in [2.75, 3.05) is 26.9 Å². The molecule has 2 rings (SSSR count). The van der Waals surface area contributed by atoms with Crippen LogP contribution in [0.2, 0.25) is 0 Å². The van der Waals surface area contributed by atoms with Crippen molar-refractivity contribution in [3.8, 4) is 5.75 Å². The molecule has 1 atom stereocenters. The molecule has 1 unspecified atom stereocenters. The molecule has 0 spiro atoms. The van der Waals surface area contributed by atoms with Gasteiger partial charge in [-0.05, 0) is 30.5 Å². The number of Topliss-reactive ketones (excluding diaryl/α,β-unsaturated/α-hetero) is 1. The van der Waals surface area contributed by atoms with E-state index < -0.39 is 23.1 Å². The van der Waals surface area contributed by atoms with Crippen LogP contribution in [0.1, 0.15) is 52.1 Å². The topological polar surface area (TPSA) is 76.1 Å². The number of carbonyl (C=O) groups is 2. The molecule has 1 aliphatic heterocycles. The molecule has 0 aliphatic carbocycles. The Bertz CT molecular complexity index is 730. The predicted octanol–water partition coefficient (Wildman–Crippen LogP) is 3.82. The molecule has 6 nitrogen and oxygen atoms in total. The summed E-state index contributed by atoms with van der Waals surface area (Å²) in [4.78, 5) is 27.3. The fraction of sp³-hybridized carbons (Fsp3) is 0.545. The zero-order chi connectivity index (χ0) is 20.9. The average Bonchev–Trinajstić information content (AvgIpc) is 2.90. The van der Waals surface area contributed by atoms with Gasteiger partial charge in [-0.15, -0.1) is 0 Å². The van der Waals surface area contributed by atoms with Crippen LogP contribution in [-0.4, -0.2) is 48.6 Å². The van der Waals surface area contributed by atoms with Crippen LogP contribution in [-0.2, 0) is 14.3 Å². The quantitative estimate of drug-likeness (QED) is 0.650. The summed E-state index contributed by atoms with van der Waals surface area (Å²) in [6, 6.07) is 6.74. The second-order valence-electron chi connectivity index (χ2n) is 8.01. The number of methoxy groups -OCH3 is 1. The van der Waals surface area contributed by atoms with Gasteiger partial charge in [0.1, 0.15) is 5.75 Å². The lowest BCUT2D eigenvalue weighted by Crippen LogP contribution is -2.34. The average molecular weight is 389 g/mol. The van der Waals surface area contributed by atoms with E-state index in [0.29, 0.717) is 26.2 Å². The van der Waals surface area contributed by atoms with Gasteiger partial charge in [-0.3, -0.25) is 9.59 Å². The summed E-state index contributed by atoms with van der Waals surface area (Å²) in [5.41, 5.74) is 0.220. The lowest BCUT2D eigenvalue weighted by Gasteiger charge is -2.29. The van der Waals surface area contributed by atoms with E-state index in [4.69, 9.17) is 9.47 Å². The highest BCUT2D eigenvalue weighted by Crippen LogP contribution is 2.41. The maximum atomic E-state index is 13.0. The smallest absolute Gasteiger partial charge is 0.290 e. The molecule has 1 aliphatic rings. The minimum atomic E-state index is -0.714. The molecule has 1 aromatic carbocycles. The SMILES string of the molecule is CCCOc1ccc(C2C(C(=O)C(C)(C)C)=C(O)C(=O)N2CCCOC)cc1. The number of hydrogen-bond donors (Lipinski definition) is 1. The maximum absolute atomic E-state index is 13.0. The first-order chi connectivity index (χ1) is 13.2. The molecule has 28 heavy (non-hydrogen) atoms. The monoisotopic (exact) mass is 389 g/mol. The number of hydrogen-bond acceptors (Lipinski definition) is 5. The van der Waals surface area contributed by atoms with Gasteiger partial charge in [0.05, 0.1) is 18.2 Å². The first kappa shape index (κ1) is 22.0. The van der Waals surface area contributed by atoms with Crippen molar-refractivity contribution < 1.29 is 24.2 Å². The molecule has 0 saturated heterocycles. The fourth-order valence-corrected chi connectivity index (χ4v) is 3.21. The van der Waals surface area contributed by atoms with E-state index in [1.54, 1.807) is 32.8 Å². The molecular formula is C22H31NO5. The Labute approximate surface area is 167 Å². The molecule has 0 aromatic heterocycles. The van der Waals surface area contributed by atoms with Crippen LogP contribution < -0.4 is 4.74 Å².